The zero-order valence-electron chi connectivity index (χ0n) is 14.7. The van der Waals surface area contributed by atoms with Crippen LogP contribution in [-0.2, 0) is 9.59 Å². The Morgan fingerprint density at radius 1 is 1.07 bits per heavy atom. The lowest BCUT2D eigenvalue weighted by molar-refractivity contribution is -0.134. The number of rotatable bonds is 4. The van der Waals surface area contributed by atoms with Crippen LogP contribution in [0.4, 0.5) is 17.3 Å². The van der Waals surface area contributed by atoms with Crippen LogP contribution in [0.5, 0.6) is 0 Å². The first-order valence-electron chi connectivity index (χ1n) is 8.15. The van der Waals surface area contributed by atoms with Gasteiger partial charge < -0.3 is 16.4 Å². The summed E-state index contributed by atoms with van der Waals surface area (Å²) in [5.41, 5.74) is 5.69. The van der Waals surface area contributed by atoms with Crippen molar-refractivity contribution in [1.29, 1.82) is 5.26 Å². The predicted molar refractivity (Wildman–Crippen MR) is 108 cm³/mol. The monoisotopic (exact) mass is 408 g/mol. The van der Waals surface area contributed by atoms with E-state index >= 15 is 0 Å². The van der Waals surface area contributed by atoms with Gasteiger partial charge in [0.2, 0.25) is 5.95 Å². The second-order valence-electron chi connectivity index (χ2n) is 5.78. The average Bonchev–Trinajstić information content (AvgIpc) is 2.70. The smallest absolute Gasteiger partial charge is 0.313 e. The molecule has 144 valence electrons. The maximum Gasteiger partial charge on any atom is 0.313 e. The van der Waals surface area contributed by atoms with E-state index in [1.165, 1.54) is 12.1 Å². The van der Waals surface area contributed by atoms with Crippen molar-refractivity contribution in [1.82, 2.24) is 9.97 Å². The van der Waals surface area contributed by atoms with Crippen molar-refractivity contribution in [3.63, 3.8) is 0 Å². The highest BCUT2D eigenvalue weighted by molar-refractivity contribution is 6.39. The number of anilines is 3. The lowest BCUT2D eigenvalue weighted by atomic mass is 10.1. The first kappa shape index (κ1) is 19.6. The minimum atomic E-state index is -1.12. The molecule has 3 aromatic rings. The maximum absolute atomic E-state index is 12.3. The number of nitrogens with zero attached hydrogens (tertiary/aromatic N) is 2. The number of primary amides is 1. The summed E-state index contributed by atoms with van der Waals surface area (Å²) in [6.45, 7) is 0. The molecule has 1 heterocycles. The summed E-state index contributed by atoms with van der Waals surface area (Å²) in [6, 6.07) is 14.7. The molecule has 2 amide bonds. The van der Waals surface area contributed by atoms with Gasteiger partial charge in [0.25, 0.3) is 5.56 Å². The first-order valence-corrected chi connectivity index (χ1v) is 8.53. The van der Waals surface area contributed by atoms with Gasteiger partial charge in [-0.2, -0.15) is 5.26 Å². The van der Waals surface area contributed by atoms with Crippen molar-refractivity contribution in [2.45, 2.75) is 0 Å². The van der Waals surface area contributed by atoms with Crippen LogP contribution >= 0.6 is 11.6 Å². The zero-order chi connectivity index (χ0) is 21.0. The van der Waals surface area contributed by atoms with E-state index in [9.17, 15) is 19.6 Å². The van der Waals surface area contributed by atoms with E-state index in [2.05, 4.69) is 20.6 Å². The molecule has 0 atom stereocenters. The van der Waals surface area contributed by atoms with E-state index in [1.807, 2.05) is 6.07 Å². The number of hydrogen-bond acceptors (Lipinski definition) is 6. The summed E-state index contributed by atoms with van der Waals surface area (Å²) in [6.07, 6.45) is 0. The number of aromatic amines is 1. The molecular weight excluding hydrogens is 396 g/mol. The van der Waals surface area contributed by atoms with Crippen molar-refractivity contribution < 1.29 is 9.59 Å². The largest absolute Gasteiger partial charge is 0.361 e. The molecule has 0 spiro atoms. The third-order valence-corrected chi connectivity index (χ3v) is 4.03. The van der Waals surface area contributed by atoms with Gasteiger partial charge in [-0.05, 0) is 36.4 Å². The fraction of sp³-hybridized carbons (Fsp3) is 0. The number of nitrogens with two attached hydrogens (primary N) is 1. The predicted octanol–water partition coefficient (Wildman–Crippen LogP) is 2.13. The molecule has 0 saturated heterocycles. The lowest BCUT2D eigenvalue weighted by Crippen LogP contribution is -2.29. The van der Waals surface area contributed by atoms with Crippen molar-refractivity contribution in [2.75, 3.05) is 10.6 Å². The number of hydrogen-bond donors (Lipinski definition) is 4. The van der Waals surface area contributed by atoms with E-state index in [0.29, 0.717) is 22.0 Å². The lowest BCUT2D eigenvalue weighted by Gasteiger charge is -2.10. The Kier molecular flexibility index (Phi) is 5.57. The minimum absolute atomic E-state index is 0.137. The Labute approximate surface area is 169 Å². The van der Waals surface area contributed by atoms with Crippen LogP contribution in [0.2, 0.25) is 5.02 Å². The molecule has 0 aliphatic carbocycles. The van der Waals surface area contributed by atoms with Crippen molar-refractivity contribution >= 4 is 40.7 Å². The van der Waals surface area contributed by atoms with Gasteiger partial charge in [-0.25, -0.2) is 4.98 Å². The van der Waals surface area contributed by atoms with E-state index in [1.54, 1.807) is 36.4 Å². The highest BCUT2D eigenvalue weighted by Crippen LogP contribution is 2.23. The molecule has 3 rings (SSSR count). The van der Waals surface area contributed by atoms with Crippen LogP contribution in [0.1, 0.15) is 5.56 Å². The van der Waals surface area contributed by atoms with Gasteiger partial charge in [0.1, 0.15) is 11.6 Å². The van der Waals surface area contributed by atoms with E-state index in [4.69, 9.17) is 17.3 Å². The van der Waals surface area contributed by atoms with Gasteiger partial charge in [-0.15, -0.1) is 0 Å². The van der Waals surface area contributed by atoms with Gasteiger partial charge in [0.05, 0.1) is 5.69 Å². The number of aromatic nitrogens is 2. The fourth-order valence-corrected chi connectivity index (χ4v) is 2.55. The second-order valence-corrected chi connectivity index (χ2v) is 6.21. The molecule has 0 aliphatic rings. The normalized spacial score (nSPS) is 10.1. The van der Waals surface area contributed by atoms with Gasteiger partial charge >= 0.3 is 11.8 Å². The van der Waals surface area contributed by atoms with Crippen molar-refractivity contribution in [3.05, 3.63) is 69.5 Å². The van der Waals surface area contributed by atoms with Gasteiger partial charge in [0.15, 0.2) is 0 Å². The number of carbonyl (C=O) groups excluding carboxylic acids is 2. The quantitative estimate of drug-likeness (QED) is 0.485. The van der Waals surface area contributed by atoms with Crippen LogP contribution < -0.4 is 21.9 Å². The molecule has 0 fully saturated rings. The summed E-state index contributed by atoms with van der Waals surface area (Å²) < 4.78 is 0. The number of benzene rings is 2. The average molecular weight is 409 g/mol. The van der Waals surface area contributed by atoms with Gasteiger partial charge in [-0.3, -0.25) is 19.4 Å². The number of amides is 2. The number of carbonyl (C=O) groups is 2. The van der Waals surface area contributed by atoms with Crippen LogP contribution in [0.25, 0.3) is 11.3 Å². The molecule has 10 heteroatoms. The third-order valence-electron chi connectivity index (χ3n) is 3.78. The molecule has 2 aromatic carbocycles. The number of H-pyrrole nitrogens is 1. The summed E-state index contributed by atoms with van der Waals surface area (Å²) in [7, 11) is 0. The van der Waals surface area contributed by atoms with Crippen molar-refractivity contribution in [2.24, 2.45) is 5.73 Å². The Morgan fingerprint density at radius 3 is 2.28 bits per heavy atom. The first-order chi connectivity index (χ1) is 13.9. The Morgan fingerprint density at radius 2 is 1.69 bits per heavy atom. The van der Waals surface area contributed by atoms with Gasteiger partial charge in [-0.1, -0.05) is 23.7 Å². The topological polar surface area (TPSA) is 154 Å². The van der Waals surface area contributed by atoms with Crippen molar-refractivity contribution in [3.8, 4) is 17.3 Å². The summed E-state index contributed by atoms with van der Waals surface area (Å²) in [5.74, 6) is -1.94. The van der Waals surface area contributed by atoms with Crippen LogP contribution in [0.15, 0.2) is 53.3 Å². The molecular formula is C19H13ClN6O3. The molecule has 1 aromatic heterocycles. The molecule has 29 heavy (non-hydrogen) atoms. The fourth-order valence-electron chi connectivity index (χ4n) is 2.42. The molecule has 0 radical (unpaired) electrons. The number of halogens is 1. The highest BCUT2D eigenvalue weighted by Gasteiger charge is 2.14. The zero-order valence-corrected chi connectivity index (χ0v) is 15.4. The van der Waals surface area contributed by atoms with Crippen LogP contribution in [0.3, 0.4) is 0 Å². The summed E-state index contributed by atoms with van der Waals surface area (Å²) in [4.78, 5) is 41.3. The van der Waals surface area contributed by atoms with Crippen LogP contribution in [-0.4, -0.2) is 21.8 Å². The van der Waals surface area contributed by atoms with Gasteiger partial charge in [0, 0.05) is 22.0 Å². The second kappa shape index (κ2) is 8.24. The van der Waals surface area contributed by atoms with Crippen LogP contribution in [0, 0.1) is 11.3 Å². The number of nitriles is 1. The third kappa shape index (κ3) is 4.58. The SMILES string of the molecule is N#Cc1c(-c2ccc(NC(=O)C(N)=O)cc2)nc(Nc2ccc(Cl)cc2)[nH]c1=O. The van der Waals surface area contributed by atoms with E-state index in [0.717, 1.165) is 0 Å². The van der Waals surface area contributed by atoms with E-state index in [-0.39, 0.29) is 17.2 Å². The standard InChI is InChI=1S/C19H13ClN6O3/c20-11-3-7-13(8-4-11)24-19-25-15(14(9-21)17(28)26-19)10-1-5-12(6-2-10)23-18(29)16(22)27/h1-8H,(H2,22,27)(H,23,29)(H2,24,25,26,28). The molecule has 0 bridgehead atoms. The molecule has 0 aliphatic heterocycles. The van der Waals surface area contributed by atoms with E-state index < -0.39 is 17.4 Å². The summed E-state index contributed by atoms with van der Waals surface area (Å²) in [5, 5.41) is 15.2. The molecule has 0 unspecified atom stereocenters. The minimum Gasteiger partial charge on any atom is -0.361 e. The maximum atomic E-state index is 12.3. The molecule has 9 nitrogen and oxygen atoms in total. The Hall–Kier alpha value is -4.16. The highest BCUT2D eigenvalue weighted by atomic mass is 35.5. The number of nitrogens with one attached hydrogen (secondary N) is 3. The molecule has 5 N–H and O–H groups in total. The Bertz CT molecular complexity index is 1180. The summed E-state index contributed by atoms with van der Waals surface area (Å²) >= 11 is 5.86. The molecule has 0 saturated carbocycles. The Balaban J connectivity index is 1.95.